The Balaban J connectivity index is 1.87. The van der Waals surface area contributed by atoms with E-state index in [2.05, 4.69) is 67.5 Å². The normalized spacial score (nSPS) is 12.6. The lowest BCUT2D eigenvalue weighted by atomic mass is 10.00. The lowest BCUT2D eigenvalue weighted by Gasteiger charge is -2.18. The van der Waals surface area contributed by atoms with E-state index in [1.54, 1.807) is 11.3 Å². The fourth-order valence-corrected chi connectivity index (χ4v) is 3.22. The summed E-state index contributed by atoms with van der Waals surface area (Å²) < 4.78 is 1.23. The molecule has 2 nitrogen and oxygen atoms in total. The molecule has 0 fully saturated rings. The zero-order valence-electron chi connectivity index (χ0n) is 12.0. The van der Waals surface area contributed by atoms with E-state index in [1.165, 1.54) is 21.4 Å². The van der Waals surface area contributed by atoms with Crippen molar-refractivity contribution in [3.63, 3.8) is 0 Å². The number of nitrogens with one attached hydrogen (secondary N) is 1. The summed E-state index contributed by atoms with van der Waals surface area (Å²) in [6.07, 6.45) is 0. The predicted molar refractivity (Wildman–Crippen MR) is 87.6 cm³/mol. The molecule has 20 heavy (non-hydrogen) atoms. The molecule has 0 bridgehead atoms. The van der Waals surface area contributed by atoms with Gasteiger partial charge in [0.15, 0.2) is 0 Å². The minimum absolute atomic E-state index is 0.292. The van der Waals surface area contributed by atoms with Gasteiger partial charge in [0.1, 0.15) is 0 Å². The molecule has 0 aliphatic heterocycles. The van der Waals surface area contributed by atoms with E-state index >= 15 is 0 Å². The monoisotopic (exact) mass is 282 g/mol. The summed E-state index contributed by atoms with van der Waals surface area (Å²) in [6.45, 7) is 6.51. The lowest BCUT2D eigenvalue weighted by Crippen LogP contribution is -2.08. The molecule has 1 heterocycles. The van der Waals surface area contributed by atoms with Crippen molar-refractivity contribution in [2.45, 2.75) is 26.8 Å². The lowest BCUT2D eigenvalue weighted by molar-refractivity contribution is 0.872. The van der Waals surface area contributed by atoms with Crippen LogP contribution in [0.25, 0.3) is 10.2 Å². The maximum Gasteiger partial charge on any atom is 0.0813 e. The standard InChI is InChI=1S/C17H18N2S/c1-11-4-5-12(2)15(8-11)13(3)19-14-6-7-16-17(9-14)20-10-18-16/h4-10,13,19H,1-3H3. The van der Waals surface area contributed by atoms with Gasteiger partial charge in [-0.3, -0.25) is 0 Å². The van der Waals surface area contributed by atoms with Gasteiger partial charge in [-0.25, -0.2) is 4.98 Å². The first kappa shape index (κ1) is 13.1. The zero-order chi connectivity index (χ0) is 14.1. The number of anilines is 1. The largest absolute Gasteiger partial charge is 0.378 e. The number of hydrogen-bond donors (Lipinski definition) is 1. The van der Waals surface area contributed by atoms with Crippen molar-refractivity contribution in [3.8, 4) is 0 Å². The van der Waals surface area contributed by atoms with Crippen molar-refractivity contribution < 1.29 is 0 Å². The number of thiazole rings is 1. The molecule has 3 aromatic rings. The molecule has 1 unspecified atom stereocenters. The Labute approximate surface area is 123 Å². The number of fused-ring (bicyclic) bond motifs is 1. The van der Waals surface area contributed by atoms with Crippen LogP contribution in [0.4, 0.5) is 5.69 Å². The Morgan fingerprint density at radius 3 is 2.80 bits per heavy atom. The van der Waals surface area contributed by atoms with Crippen LogP contribution in [0.3, 0.4) is 0 Å². The molecule has 0 aliphatic carbocycles. The quantitative estimate of drug-likeness (QED) is 0.724. The van der Waals surface area contributed by atoms with Gasteiger partial charge in [-0.1, -0.05) is 23.8 Å². The third-order valence-electron chi connectivity index (χ3n) is 3.62. The second-order valence-corrected chi connectivity index (χ2v) is 6.15. The molecule has 0 saturated carbocycles. The highest BCUT2D eigenvalue weighted by atomic mass is 32.1. The second-order valence-electron chi connectivity index (χ2n) is 5.26. The number of aryl methyl sites for hydroxylation is 2. The molecule has 2 aromatic carbocycles. The highest BCUT2D eigenvalue weighted by Crippen LogP contribution is 2.26. The van der Waals surface area contributed by atoms with Crippen LogP contribution in [0.15, 0.2) is 41.9 Å². The zero-order valence-corrected chi connectivity index (χ0v) is 12.8. The summed E-state index contributed by atoms with van der Waals surface area (Å²) >= 11 is 1.68. The topological polar surface area (TPSA) is 24.9 Å². The van der Waals surface area contributed by atoms with Crippen LogP contribution in [-0.2, 0) is 0 Å². The summed E-state index contributed by atoms with van der Waals surface area (Å²) in [6, 6.07) is 13.3. The van der Waals surface area contributed by atoms with Crippen LogP contribution in [0.1, 0.15) is 29.7 Å². The van der Waals surface area contributed by atoms with Gasteiger partial charge in [-0.2, -0.15) is 0 Å². The van der Waals surface area contributed by atoms with Crippen LogP contribution in [0, 0.1) is 13.8 Å². The molecular weight excluding hydrogens is 264 g/mol. The van der Waals surface area contributed by atoms with Crippen LogP contribution < -0.4 is 5.32 Å². The van der Waals surface area contributed by atoms with Crippen LogP contribution in [-0.4, -0.2) is 4.98 Å². The van der Waals surface area contributed by atoms with E-state index in [-0.39, 0.29) is 0 Å². The van der Waals surface area contributed by atoms with Gasteiger partial charge in [-0.15, -0.1) is 11.3 Å². The molecule has 0 amide bonds. The first-order valence-corrected chi connectivity index (χ1v) is 7.68. The maximum atomic E-state index is 4.31. The van der Waals surface area contributed by atoms with Crippen LogP contribution in [0.2, 0.25) is 0 Å². The summed E-state index contributed by atoms with van der Waals surface area (Å²) in [5, 5.41) is 3.59. The minimum atomic E-state index is 0.292. The van der Waals surface area contributed by atoms with Gasteiger partial charge in [0.05, 0.1) is 15.7 Å². The molecule has 0 aliphatic rings. The van der Waals surface area contributed by atoms with Gasteiger partial charge < -0.3 is 5.32 Å². The second kappa shape index (κ2) is 5.25. The summed E-state index contributed by atoms with van der Waals surface area (Å²) in [5.41, 5.74) is 8.10. The molecule has 1 atom stereocenters. The molecule has 1 aromatic heterocycles. The minimum Gasteiger partial charge on any atom is -0.378 e. The van der Waals surface area contributed by atoms with E-state index in [0.717, 1.165) is 11.2 Å². The third-order valence-corrected chi connectivity index (χ3v) is 4.41. The Kier molecular flexibility index (Phi) is 3.45. The van der Waals surface area contributed by atoms with Crippen molar-refractivity contribution in [2.75, 3.05) is 5.32 Å². The Morgan fingerprint density at radius 1 is 1.10 bits per heavy atom. The molecule has 3 heteroatoms. The predicted octanol–water partition coefficient (Wildman–Crippen LogP) is 5.09. The molecule has 0 spiro atoms. The molecule has 3 rings (SSSR count). The van der Waals surface area contributed by atoms with Crippen molar-refractivity contribution in [3.05, 3.63) is 58.6 Å². The maximum absolute atomic E-state index is 4.31. The van der Waals surface area contributed by atoms with Crippen LogP contribution in [0.5, 0.6) is 0 Å². The highest BCUT2D eigenvalue weighted by molar-refractivity contribution is 7.16. The first-order chi connectivity index (χ1) is 9.63. The molecule has 0 radical (unpaired) electrons. The smallest absolute Gasteiger partial charge is 0.0813 e. The van der Waals surface area contributed by atoms with E-state index in [9.17, 15) is 0 Å². The molecule has 1 N–H and O–H groups in total. The van der Waals surface area contributed by atoms with E-state index < -0.39 is 0 Å². The van der Waals surface area contributed by atoms with Gasteiger partial charge in [0, 0.05) is 11.7 Å². The van der Waals surface area contributed by atoms with Crippen molar-refractivity contribution in [2.24, 2.45) is 0 Å². The van der Waals surface area contributed by atoms with Gasteiger partial charge in [0.2, 0.25) is 0 Å². The molecular formula is C17H18N2S. The fourth-order valence-electron chi connectivity index (χ4n) is 2.50. The summed E-state index contributed by atoms with van der Waals surface area (Å²) in [7, 11) is 0. The highest BCUT2D eigenvalue weighted by Gasteiger charge is 2.09. The average Bonchev–Trinajstić information content (AvgIpc) is 2.89. The third kappa shape index (κ3) is 2.54. The fraction of sp³-hybridized carbons (Fsp3) is 0.235. The Hall–Kier alpha value is -1.87. The van der Waals surface area contributed by atoms with E-state index in [4.69, 9.17) is 0 Å². The first-order valence-electron chi connectivity index (χ1n) is 6.80. The Bertz CT molecular complexity index is 746. The number of rotatable bonds is 3. The number of nitrogens with zero attached hydrogens (tertiary/aromatic N) is 1. The Morgan fingerprint density at radius 2 is 1.95 bits per heavy atom. The van der Waals surface area contributed by atoms with Crippen LogP contribution >= 0.6 is 11.3 Å². The number of aromatic nitrogens is 1. The number of hydrogen-bond acceptors (Lipinski definition) is 3. The van der Waals surface area contributed by atoms with Crippen molar-refractivity contribution in [1.29, 1.82) is 0 Å². The van der Waals surface area contributed by atoms with E-state index in [0.29, 0.717) is 6.04 Å². The summed E-state index contributed by atoms with van der Waals surface area (Å²) in [5.74, 6) is 0. The van der Waals surface area contributed by atoms with Crippen molar-refractivity contribution >= 4 is 27.2 Å². The molecule has 102 valence electrons. The van der Waals surface area contributed by atoms with E-state index in [1.807, 2.05) is 5.51 Å². The summed E-state index contributed by atoms with van der Waals surface area (Å²) in [4.78, 5) is 4.31. The molecule has 0 saturated heterocycles. The van der Waals surface area contributed by atoms with Gasteiger partial charge in [-0.05, 0) is 50.1 Å². The van der Waals surface area contributed by atoms with Gasteiger partial charge >= 0.3 is 0 Å². The SMILES string of the molecule is Cc1ccc(C)c(C(C)Nc2ccc3ncsc3c2)c1. The average molecular weight is 282 g/mol. The number of benzene rings is 2. The van der Waals surface area contributed by atoms with Crippen molar-refractivity contribution in [1.82, 2.24) is 4.98 Å². The van der Waals surface area contributed by atoms with Gasteiger partial charge in [0.25, 0.3) is 0 Å².